The van der Waals surface area contributed by atoms with Gasteiger partial charge in [-0.15, -0.1) is 0 Å². The van der Waals surface area contributed by atoms with E-state index in [2.05, 4.69) is 28.7 Å². The lowest BCUT2D eigenvalue weighted by Gasteiger charge is -2.39. The molecule has 2 heterocycles. The summed E-state index contributed by atoms with van der Waals surface area (Å²) in [5.41, 5.74) is 0.502. The molecule has 16 heavy (non-hydrogen) atoms. The molecule has 1 saturated heterocycles. The second kappa shape index (κ2) is 4.58. The Balaban J connectivity index is 2.04. The molecule has 4 heteroatoms. The number of aromatic nitrogens is 2. The standard InChI is InChI=1S/C12H18ClN3/c1-3-12(2)4-6-16(7-5-12)11-9-14-8-10(13)15-11/h8-9H,3-7H2,1-2H3. The zero-order chi connectivity index (χ0) is 11.6. The van der Waals surface area contributed by atoms with E-state index in [1.54, 1.807) is 12.4 Å². The first-order valence-corrected chi connectivity index (χ1v) is 6.23. The molecule has 0 aromatic carbocycles. The van der Waals surface area contributed by atoms with Crippen molar-refractivity contribution in [3.05, 3.63) is 17.5 Å². The van der Waals surface area contributed by atoms with Crippen LogP contribution in [-0.2, 0) is 0 Å². The van der Waals surface area contributed by atoms with E-state index in [9.17, 15) is 0 Å². The van der Waals surface area contributed by atoms with Crippen molar-refractivity contribution in [3.8, 4) is 0 Å². The zero-order valence-corrected chi connectivity index (χ0v) is 10.7. The van der Waals surface area contributed by atoms with Crippen molar-refractivity contribution >= 4 is 17.4 Å². The fourth-order valence-electron chi connectivity index (χ4n) is 2.11. The molecule has 0 amide bonds. The van der Waals surface area contributed by atoms with Gasteiger partial charge in [-0.1, -0.05) is 31.9 Å². The summed E-state index contributed by atoms with van der Waals surface area (Å²) in [6, 6.07) is 0. The van der Waals surface area contributed by atoms with Gasteiger partial charge in [0.1, 0.15) is 11.0 Å². The Morgan fingerprint density at radius 2 is 2.06 bits per heavy atom. The van der Waals surface area contributed by atoms with Crippen LogP contribution in [0.4, 0.5) is 5.82 Å². The Labute approximate surface area is 102 Å². The highest BCUT2D eigenvalue weighted by Crippen LogP contribution is 2.35. The number of hydrogen-bond donors (Lipinski definition) is 0. The van der Waals surface area contributed by atoms with Crippen LogP contribution < -0.4 is 4.90 Å². The maximum absolute atomic E-state index is 5.85. The normalized spacial score (nSPS) is 19.8. The predicted molar refractivity (Wildman–Crippen MR) is 66.9 cm³/mol. The molecule has 0 radical (unpaired) electrons. The topological polar surface area (TPSA) is 29.0 Å². The van der Waals surface area contributed by atoms with Gasteiger partial charge in [-0.25, -0.2) is 4.98 Å². The second-order valence-corrected chi connectivity index (χ2v) is 5.24. The van der Waals surface area contributed by atoms with Crippen LogP contribution in [-0.4, -0.2) is 23.1 Å². The smallest absolute Gasteiger partial charge is 0.149 e. The first kappa shape index (κ1) is 11.6. The molecule has 88 valence electrons. The van der Waals surface area contributed by atoms with Crippen LogP contribution in [0, 0.1) is 5.41 Å². The third-order valence-corrected chi connectivity index (χ3v) is 3.92. The van der Waals surface area contributed by atoms with Gasteiger partial charge in [-0.05, 0) is 18.3 Å². The molecule has 1 aliphatic rings. The summed E-state index contributed by atoms with van der Waals surface area (Å²) in [6.45, 7) is 6.75. The van der Waals surface area contributed by atoms with E-state index >= 15 is 0 Å². The second-order valence-electron chi connectivity index (χ2n) is 4.85. The summed E-state index contributed by atoms with van der Waals surface area (Å²) >= 11 is 5.85. The summed E-state index contributed by atoms with van der Waals surface area (Å²) in [4.78, 5) is 10.7. The Bertz CT molecular complexity index is 359. The van der Waals surface area contributed by atoms with Gasteiger partial charge in [0.25, 0.3) is 0 Å². The van der Waals surface area contributed by atoms with Crippen LogP contribution in [0.15, 0.2) is 12.4 Å². The number of anilines is 1. The summed E-state index contributed by atoms with van der Waals surface area (Å²) in [7, 11) is 0. The molecule has 3 nitrogen and oxygen atoms in total. The van der Waals surface area contributed by atoms with Gasteiger partial charge in [-0.3, -0.25) is 4.98 Å². The number of piperidine rings is 1. The molecule has 1 aromatic heterocycles. The SMILES string of the molecule is CCC1(C)CCN(c2cncc(Cl)n2)CC1. The molecule has 0 spiro atoms. The first-order valence-electron chi connectivity index (χ1n) is 5.85. The highest BCUT2D eigenvalue weighted by atomic mass is 35.5. The van der Waals surface area contributed by atoms with Crippen molar-refractivity contribution < 1.29 is 0 Å². The van der Waals surface area contributed by atoms with Crippen LogP contribution in [0.2, 0.25) is 5.15 Å². The highest BCUT2D eigenvalue weighted by molar-refractivity contribution is 6.29. The van der Waals surface area contributed by atoms with E-state index in [4.69, 9.17) is 11.6 Å². The van der Waals surface area contributed by atoms with E-state index in [0.29, 0.717) is 10.6 Å². The molecule has 1 aromatic rings. The van der Waals surface area contributed by atoms with Gasteiger partial charge in [0.15, 0.2) is 0 Å². The molecule has 0 aliphatic carbocycles. The highest BCUT2D eigenvalue weighted by Gasteiger charge is 2.28. The molecule has 1 aliphatic heterocycles. The van der Waals surface area contributed by atoms with Crippen LogP contribution in [0.1, 0.15) is 33.1 Å². The van der Waals surface area contributed by atoms with Crippen LogP contribution in [0.25, 0.3) is 0 Å². The van der Waals surface area contributed by atoms with Crippen molar-refractivity contribution in [1.82, 2.24) is 9.97 Å². The van der Waals surface area contributed by atoms with E-state index in [0.717, 1.165) is 18.9 Å². The van der Waals surface area contributed by atoms with Crippen molar-refractivity contribution in [2.75, 3.05) is 18.0 Å². The van der Waals surface area contributed by atoms with Gasteiger partial charge >= 0.3 is 0 Å². The largest absolute Gasteiger partial charge is 0.355 e. The molecule has 0 unspecified atom stereocenters. The van der Waals surface area contributed by atoms with Crippen LogP contribution >= 0.6 is 11.6 Å². The number of rotatable bonds is 2. The molecule has 1 fully saturated rings. The average Bonchev–Trinajstić information content (AvgIpc) is 2.30. The average molecular weight is 240 g/mol. The monoisotopic (exact) mass is 239 g/mol. The minimum absolute atomic E-state index is 0.473. The fourth-order valence-corrected chi connectivity index (χ4v) is 2.26. The first-order chi connectivity index (χ1) is 7.63. The fraction of sp³-hybridized carbons (Fsp3) is 0.667. The van der Waals surface area contributed by atoms with Gasteiger partial charge in [0.2, 0.25) is 0 Å². The Morgan fingerprint density at radius 1 is 1.38 bits per heavy atom. The van der Waals surface area contributed by atoms with Crippen molar-refractivity contribution in [2.24, 2.45) is 5.41 Å². The van der Waals surface area contributed by atoms with Crippen molar-refractivity contribution in [1.29, 1.82) is 0 Å². The Morgan fingerprint density at radius 3 is 2.62 bits per heavy atom. The van der Waals surface area contributed by atoms with Crippen molar-refractivity contribution in [2.45, 2.75) is 33.1 Å². The van der Waals surface area contributed by atoms with Gasteiger partial charge in [-0.2, -0.15) is 0 Å². The number of halogens is 1. The van der Waals surface area contributed by atoms with Gasteiger partial charge in [0.05, 0.1) is 12.4 Å². The summed E-state index contributed by atoms with van der Waals surface area (Å²) in [5, 5.41) is 0.473. The molecule has 0 saturated carbocycles. The van der Waals surface area contributed by atoms with Gasteiger partial charge < -0.3 is 4.90 Å². The Kier molecular flexibility index (Phi) is 3.33. The number of nitrogens with zero attached hydrogens (tertiary/aromatic N) is 3. The van der Waals surface area contributed by atoms with Crippen molar-refractivity contribution in [3.63, 3.8) is 0 Å². The number of hydrogen-bond acceptors (Lipinski definition) is 3. The quantitative estimate of drug-likeness (QED) is 0.794. The molecule has 2 rings (SSSR count). The molecular formula is C12H18ClN3. The summed E-state index contributed by atoms with van der Waals surface area (Å²) < 4.78 is 0. The Hall–Kier alpha value is -0.830. The maximum atomic E-state index is 5.85. The molecule has 0 N–H and O–H groups in total. The van der Waals surface area contributed by atoms with Crippen LogP contribution in [0.3, 0.4) is 0 Å². The lowest BCUT2D eigenvalue weighted by molar-refractivity contribution is 0.237. The zero-order valence-electron chi connectivity index (χ0n) is 9.91. The lowest BCUT2D eigenvalue weighted by atomic mass is 9.78. The third kappa shape index (κ3) is 2.46. The van der Waals surface area contributed by atoms with E-state index < -0.39 is 0 Å². The van der Waals surface area contributed by atoms with E-state index in [1.807, 2.05) is 0 Å². The predicted octanol–water partition coefficient (Wildman–Crippen LogP) is 3.15. The van der Waals surface area contributed by atoms with E-state index in [1.165, 1.54) is 19.3 Å². The third-order valence-electron chi connectivity index (χ3n) is 3.74. The van der Waals surface area contributed by atoms with E-state index in [-0.39, 0.29) is 0 Å². The maximum Gasteiger partial charge on any atom is 0.149 e. The molecular weight excluding hydrogens is 222 g/mol. The lowest BCUT2D eigenvalue weighted by Crippen LogP contribution is -2.38. The summed E-state index contributed by atoms with van der Waals surface area (Å²) in [6.07, 6.45) is 7.06. The van der Waals surface area contributed by atoms with Gasteiger partial charge in [0, 0.05) is 13.1 Å². The minimum Gasteiger partial charge on any atom is -0.355 e. The minimum atomic E-state index is 0.473. The summed E-state index contributed by atoms with van der Waals surface area (Å²) in [5.74, 6) is 0.908. The molecule has 0 bridgehead atoms. The molecule has 0 atom stereocenters. The van der Waals surface area contributed by atoms with Crippen LogP contribution in [0.5, 0.6) is 0 Å².